The van der Waals surface area contributed by atoms with E-state index in [0.717, 1.165) is 5.56 Å². The van der Waals surface area contributed by atoms with E-state index in [2.05, 4.69) is 10.3 Å². The predicted molar refractivity (Wildman–Crippen MR) is 53.2 cm³/mol. The number of carbonyl (C=O) groups is 2. The van der Waals surface area contributed by atoms with E-state index in [1.807, 2.05) is 13.0 Å². The molecule has 0 bridgehead atoms. The number of rotatable bonds is 5. The minimum Gasteiger partial charge on any atom is -0.481 e. The Kier molecular flexibility index (Phi) is 3.79. The maximum atomic E-state index is 10.5. The number of amides is 1. The molecule has 0 aliphatic rings. The Morgan fingerprint density at radius 1 is 1.67 bits per heavy atom. The summed E-state index contributed by atoms with van der Waals surface area (Å²) in [5.41, 5.74) is 1.54. The minimum atomic E-state index is -0.975. The van der Waals surface area contributed by atoms with Gasteiger partial charge in [0.2, 0.25) is 6.41 Å². The van der Waals surface area contributed by atoms with Crippen molar-refractivity contribution in [2.24, 2.45) is 0 Å². The molecule has 15 heavy (non-hydrogen) atoms. The van der Waals surface area contributed by atoms with Crippen LogP contribution in [0, 0.1) is 6.92 Å². The van der Waals surface area contributed by atoms with E-state index in [4.69, 9.17) is 5.11 Å². The van der Waals surface area contributed by atoms with Gasteiger partial charge in [0.05, 0.1) is 18.2 Å². The molecule has 1 rings (SSSR count). The van der Waals surface area contributed by atoms with Crippen LogP contribution in [0.4, 0.5) is 0 Å². The highest BCUT2D eigenvalue weighted by Gasteiger charge is 2.15. The third-order valence-electron chi connectivity index (χ3n) is 1.94. The van der Waals surface area contributed by atoms with Gasteiger partial charge >= 0.3 is 5.97 Å². The van der Waals surface area contributed by atoms with Crippen molar-refractivity contribution in [3.63, 3.8) is 0 Å². The molecule has 1 atom stereocenters. The topological polar surface area (TPSA) is 79.3 Å². The second-order valence-corrected chi connectivity index (χ2v) is 3.20. The van der Waals surface area contributed by atoms with Gasteiger partial charge in [-0.05, 0) is 18.6 Å². The summed E-state index contributed by atoms with van der Waals surface area (Å²) in [6, 6.07) is 2.96. The van der Waals surface area contributed by atoms with Crippen molar-refractivity contribution in [1.29, 1.82) is 0 Å². The molecule has 1 amide bonds. The van der Waals surface area contributed by atoms with Gasteiger partial charge in [0.1, 0.15) is 0 Å². The fraction of sp³-hybridized carbons (Fsp3) is 0.300. The van der Waals surface area contributed by atoms with Gasteiger partial charge in [0, 0.05) is 6.20 Å². The summed E-state index contributed by atoms with van der Waals surface area (Å²) >= 11 is 0. The van der Waals surface area contributed by atoms with Crippen LogP contribution >= 0.6 is 0 Å². The van der Waals surface area contributed by atoms with Crippen molar-refractivity contribution in [2.45, 2.75) is 19.4 Å². The van der Waals surface area contributed by atoms with E-state index in [-0.39, 0.29) is 6.42 Å². The highest BCUT2D eigenvalue weighted by Crippen LogP contribution is 2.13. The number of nitrogens with zero attached hydrogens (tertiary/aromatic N) is 1. The summed E-state index contributed by atoms with van der Waals surface area (Å²) in [5.74, 6) is -0.975. The Bertz CT molecular complexity index is 348. The van der Waals surface area contributed by atoms with Crippen LogP contribution in [0.15, 0.2) is 18.3 Å². The smallest absolute Gasteiger partial charge is 0.305 e. The standard InChI is InChI=1S/C10H12N2O3/c1-7-2-3-8(11-5-7)9(12-6-13)4-10(14)15/h2-3,5-6,9H,4H2,1H3,(H,12,13)(H,14,15). The summed E-state index contributed by atoms with van der Waals surface area (Å²) < 4.78 is 0. The molecule has 0 fully saturated rings. The molecule has 5 nitrogen and oxygen atoms in total. The Labute approximate surface area is 87.1 Å². The summed E-state index contributed by atoms with van der Waals surface area (Å²) in [6.07, 6.45) is 1.95. The molecule has 80 valence electrons. The lowest BCUT2D eigenvalue weighted by molar-refractivity contribution is -0.137. The van der Waals surface area contributed by atoms with Crippen LogP contribution in [-0.2, 0) is 9.59 Å². The Balaban J connectivity index is 2.83. The number of pyridine rings is 1. The first-order valence-corrected chi connectivity index (χ1v) is 4.47. The maximum absolute atomic E-state index is 10.5. The average molecular weight is 208 g/mol. The molecule has 0 aromatic carbocycles. The monoisotopic (exact) mass is 208 g/mol. The number of aromatic nitrogens is 1. The second-order valence-electron chi connectivity index (χ2n) is 3.20. The summed E-state index contributed by atoms with van der Waals surface area (Å²) in [4.78, 5) is 24.9. The number of carboxylic acids is 1. The molecule has 1 unspecified atom stereocenters. The highest BCUT2D eigenvalue weighted by molar-refractivity contribution is 5.68. The normalized spacial score (nSPS) is 11.8. The molecule has 0 aliphatic heterocycles. The van der Waals surface area contributed by atoms with E-state index in [1.165, 1.54) is 0 Å². The van der Waals surface area contributed by atoms with Crippen molar-refractivity contribution in [3.05, 3.63) is 29.6 Å². The molecule has 0 radical (unpaired) electrons. The zero-order valence-electron chi connectivity index (χ0n) is 8.30. The highest BCUT2D eigenvalue weighted by atomic mass is 16.4. The van der Waals surface area contributed by atoms with Crippen LogP contribution in [0.5, 0.6) is 0 Å². The zero-order valence-corrected chi connectivity index (χ0v) is 8.30. The molecule has 5 heteroatoms. The van der Waals surface area contributed by atoms with Crippen LogP contribution < -0.4 is 5.32 Å². The third kappa shape index (κ3) is 3.38. The maximum Gasteiger partial charge on any atom is 0.305 e. The van der Waals surface area contributed by atoms with Gasteiger partial charge in [-0.25, -0.2) is 0 Å². The first kappa shape index (κ1) is 11.2. The van der Waals surface area contributed by atoms with Crippen LogP contribution in [0.25, 0.3) is 0 Å². The fourth-order valence-corrected chi connectivity index (χ4v) is 1.19. The Hall–Kier alpha value is -1.91. The van der Waals surface area contributed by atoms with Gasteiger partial charge in [-0.1, -0.05) is 6.07 Å². The van der Waals surface area contributed by atoms with Crippen molar-refractivity contribution >= 4 is 12.4 Å². The molecule has 0 saturated heterocycles. The minimum absolute atomic E-state index is 0.172. The Morgan fingerprint density at radius 2 is 2.40 bits per heavy atom. The second kappa shape index (κ2) is 5.09. The number of hydrogen-bond donors (Lipinski definition) is 2. The number of nitrogens with one attached hydrogen (secondary N) is 1. The van der Waals surface area contributed by atoms with E-state index in [1.54, 1.807) is 12.3 Å². The lowest BCUT2D eigenvalue weighted by Crippen LogP contribution is -2.23. The molecule has 1 aromatic heterocycles. The van der Waals surface area contributed by atoms with Gasteiger partial charge in [0.25, 0.3) is 0 Å². The SMILES string of the molecule is Cc1ccc(C(CC(=O)O)NC=O)nc1. The van der Waals surface area contributed by atoms with E-state index >= 15 is 0 Å². The van der Waals surface area contributed by atoms with Crippen molar-refractivity contribution in [1.82, 2.24) is 10.3 Å². The number of carboxylic acid groups (broad SMARTS) is 1. The molecule has 1 heterocycles. The summed E-state index contributed by atoms with van der Waals surface area (Å²) in [7, 11) is 0. The number of carbonyl (C=O) groups excluding carboxylic acids is 1. The van der Waals surface area contributed by atoms with Crippen LogP contribution in [0.2, 0.25) is 0 Å². The summed E-state index contributed by atoms with van der Waals surface area (Å²) in [6.45, 7) is 1.89. The van der Waals surface area contributed by atoms with E-state index < -0.39 is 12.0 Å². The predicted octanol–water partition coefficient (Wildman–Crippen LogP) is 0.652. The van der Waals surface area contributed by atoms with E-state index in [0.29, 0.717) is 12.1 Å². The average Bonchev–Trinajstić information content (AvgIpc) is 2.17. The molecular weight excluding hydrogens is 196 g/mol. The van der Waals surface area contributed by atoms with Gasteiger partial charge in [-0.15, -0.1) is 0 Å². The molecule has 2 N–H and O–H groups in total. The first-order valence-electron chi connectivity index (χ1n) is 4.47. The van der Waals surface area contributed by atoms with Crippen LogP contribution in [0.3, 0.4) is 0 Å². The van der Waals surface area contributed by atoms with E-state index in [9.17, 15) is 9.59 Å². The van der Waals surface area contributed by atoms with Gasteiger partial charge in [-0.3, -0.25) is 14.6 Å². The van der Waals surface area contributed by atoms with Gasteiger partial charge < -0.3 is 10.4 Å². The van der Waals surface area contributed by atoms with Gasteiger partial charge in [-0.2, -0.15) is 0 Å². The first-order chi connectivity index (χ1) is 7.13. The Morgan fingerprint density at radius 3 is 2.87 bits per heavy atom. The van der Waals surface area contributed by atoms with Crippen molar-refractivity contribution in [3.8, 4) is 0 Å². The lowest BCUT2D eigenvalue weighted by Gasteiger charge is -2.12. The third-order valence-corrected chi connectivity index (χ3v) is 1.94. The zero-order chi connectivity index (χ0) is 11.3. The molecule has 0 spiro atoms. The summed E-state index contributed by atoms with van der Waals surface area (Å²) in [5, 5.41) is 11.1. The number of aliphatic carboxylic acids is 1. The largest absolute Gasteiger partial charge is 0.481 e. The van der Waals surface area contributed by atoms with Crippen LogP contribution in [-0.4, -0.2) is 22.5 Å². The number of hydrogen-bond acceptors (Lipinski definition) is 3. The van der Waals surface area contributed by atoms with Crippen molar-refractivity contribution in [2.75, 3.05) is 0 Å². The molecule has 1 aromatic rings. The fourth-order valence-electron chi connectivity index (χ4n) is 1.19. The molecule has 0 saturated carbocycles. The number of aryl methyl sites for hydroxylation is 1. The van der Waals surface area contributed by atoms with Gasteiger partial charge in [0.15, 0.2) is 0 Å². The van der Waals surface area contributed by atoms with Crippen LogP contribution in [0.1, 0.15) is 23.7 Å². The molecule has 0 aliphatic carbocycles. The molecular formula is C10H12N2O3. The quantitative estimate of drug-likeness (QED) is 0.696. The van der Waals surface area contributed by atoms with Crippen molar-refractivity contribution < 1.29 is 14.7 Å². The lowest BCUT2D eigenvalue weighted by atomic mass is 10.1.